The van der Waals surface area contributed by atoms with E-state index in [-0.39, 0.29) is 12.7 Å². The molecular formula is C20H25N5O4. The van der Waals surface area contributed by atoms with Crippen LogP contribution in [0.2, 0.25) is 0 Å². The first-order chi connectivity index (χ1) is 14.2. The molecule has 0 bridgehead atoms. The first-order valence-corrected chi connectivity index (χ1v) is 9.75. The van der Waals surface area contributed by atoms with E-state index in [1.165, 1.54) is 0 Å². The van der Waals surface area contributed by atoms with Crippen molar-refractivity contribution in [2.75, 3.05) is 56.4 Å². The number of aryl methyl sites for hydroxylation is 1. The summed E-state index contributed by atoms with van der Waals surface area (Å²) in [5.41, 5.74) is 1.78. The van der Waals surface area contributed by atoms with Crippen LogP contribution in [0.25, 0.3) is 0 Å². The van der Waals surface area contributed by atoms with Gasteiger partial charge in [-0.25, -0.2) is 4.98 Å². The van der Waals surface area contributed by atoms with Gasteiger partial charge in [-0.3, -0.25) is 4.79 Å². The fourth-order valence-electron chi connectivity index (χ4n) is 3.26. The Morgan fingerprint density at radius 1 is 1.10 bits per heavy atom. The molecule has 2 aromatic rings. The summed E-state index contributed by atoms with van der Waals surface area (Å²) in [6, 6.07) is 7.52. The van der Waals surface area contributed by atoms with Gasteiger partial charge in [-0.1, -0.05) is 6.07 Å². The lowest BCUT2D eigenvalue weighted by Gasteiger charge is -2.28. The van der Waals surface area contributed by atoms with Crippen LogP contribution < -0.4 is 25.0 Å². The maximum Gasteiger partial charge on any atom is 0.231 e. The van der Waals surface area contributed by atoms with Gasteiger partial charge in [0.25, 0.3) is 0 Å². The number of amides is 1. The van der Waals surface area contributed by atoms with Crippen molar-refractivity contribution < 1.29 is 19.0 Å². The van der Waals surface area contributed by atoms with Gasteiger partial charge >= 0.3 is 0 Å². The predicted molar refractivity (Wildman–Crippen MR) is 108 cm³/mol. The topological polar surface area (TPSA) is 97.8 Å². The first-order valence-electron chi connectivity index (χ1n) is 9.75. The Morgan fingerprint density at radius 2 is 1.93 bits per heavy atom. The number of morpholine rings is 1. The number of ether oxygens (including phenoxy) is 3. The smallest absolute Gasteiger partial charge is 0.231 e. The number of fused-ring (bicyclic) bond motifs is 1. The summed E-state index contributed by atoms with van der Waals surface area (Å²) < 4.78 is 16.0. The van der Waals surface area contributed by atoms with Crippen molar-refractivity contribution in [2.24, 2.45) is 0 Å². The number of aromatic nitrogens is 2. The van der Waals surface area contributed by atoms with E-state index in [0.29, 0.717) is 50.2 Å². The van der Waals surface area contributed by atoms with Crippen LogP contribution in [0, 0.1) is 6.92 Å². The van der Waals surface area contributed by atoms with E-state index in [4.69, 9.17) is 14.2 Å². The SMILES string of the molecule is Cc1cc(N2CCOCC2)nc(NCCNC(=O)Cc2ccc3c(c2)OCO3)n1. The average Bonchev–Trinajstić information content (AvgIpc) is 3.19. The van der Waals surface area contributed by atoms with Crippen molar-refractivity contribution in [1.29, 1.82) is 0 Å². The van der Waals surface area contributed by atoms with E-state index in [1.54, 1.807) is 0 Å². The Labute approximate surface area is 169 Å². The zero-order valence-electron chi connectivity index (χ0n) is 16.4. The van der Waals surface area contributed by atoms with Gasteiger partial charge < -0.3 is 29.7 Å². The monoisotopic (exact) mass is 399 g/mol. The van der Waals surface area contributed by atoms with Crippen molar-refractivity contribution in [3.63, 3.8) is 0 Å². The van der Waals surface area contributed by atoms with Gasteiger partial charge in [0.1, 0.15) is 5.82 Å². The molecule has 9 nitrogen and oxygen atoms in total. The molecule has 0 aliphatic carbocycles. The summed E-state index contributed by atoms with van der Waals surface area (Å²) in [4.78, 5) is 23.4. The van der Waals surface area contributed by atoms with Crippen molar-refractivity contribution in [3.8, 4) is 11.5 Å². The number of anilines is 2. The van der Waals surface area contributed by atoms with Crippen LogP contribution in [0.15, 0.2) is 24.3 Å². The number of nitrogens with one attached hydrogen (secondary N) is 2. The van der Waals surface area contributed by atoms with Gasteiger partial charge in [-0.15, -0.1) is 0 Å². The van der Waals surface area contributed by atoms with Gasteiger partial charge in [0.15, 0.2) is 11.5 Å². The van der Waals surface area contributed by atoms with Crippen molar-refractivity contribution in [1.82, 2.24) is 15.3 Å². The van der Waals surface area contributed by atoms with Crippen LogP contribution in [-0.2, 0) is 16.0 Å². The molecule has 0 spiro atoms. The summed E-state index contributed by atoms with van der Waals surface area (Å²) in [7, 11) is 0. The summed E-state index contributed by atoms with van der Waals surface area (Å²) in [6.45, 7) is 6.27. The molecule has 1 saturated heterocycles. The second-order valence-corrected chi connectivity index (χ2v) is 6.93. The van der Waals surface area contributed by atoms with Crippen LogP contribution in [0.4, 0.5) is 11.8 Å². The summed E-state index contributed by atoms with van der Waals surface area (Å²) in [6.07, 6.45) is 0.290. The number of carbonyl (C=O) groups is 1. The third-order valence-corrected chi connectivity index (χ3v) is 4.71. The Bertz CT molecular complexity index is 870. The van der Waals surface area contributed by atoms with E-state index in [1.807, 2.05) is 31.2 Å². The second-order valence-electron chi connectivity index (χ2n) is 6.93. The standard InChI is InChI=1S/C20H25N5O4/c1-14-10-18(25-6-8-27-9-7-25)24-20(23-14)22-5-4-21-19(26)12-15-2-3-16-17(11-15)29-13-28-16/h2-3,10-11H,4-9,12-13H2,1H3,(H,21,26)(H,22,23,24). The maximum atomic E-state index is 12.2. The Kier molecular flexibility index (Phi) is 5.95. The van der Waals surface area contributed by atoms with E-state index < -0.39 is 0 Å². The van der Waals surface area contributed by atoms with Crippen LogP contribution in [0.1, 0.15) is 11.3 Å². The van der Waals surface area contributed by atoms with E-state index >= 15 is 0 Å². The molecule has 0 unspecified atom stereocenters. The van der Waals surface area contributed by atoms with Crippen LogP contribution in [0.5, 0.6) is 11.5 Å². The predicted octanol–water partition coefficient (Wildman–Crippen LogP) is 1.12. The Morgan fingerprint density at radius 3 is 2.79 bits per heavy atom. The second kappa shape index (κ2) is 8.95. The summed E-state index contributed by atoms with van der Waals surface area (Å²) in [5.74, 6) is 2.81. The normalized spacial score (nSPS) is 15.3. The fraction of sp³-hybridized carbons (Fsp3) is 0.450. The lowest BCUT2D eigenvalue weighted by molar-refractivity contribution is -0.120. The molecule has 2 aliphatic rings. The number of nitrogens with zero attached hydrogens (tertiary/aromatic N) is 3. The van der Waals surface area contributed by atoms with E-state index in [0.717, 1.165) is 30.2 Å². The van der Waals surface area contributed by atoms with Gasteiger partial charge in [0.05, 0.1) is 19.6 Å². The third-order valence-electron chi connectivity index (χ3n) is 4.71. The molecule has 1 amide bonds. The number of benzene rings is 1. The fourth-order valence-corrected chi connectivity index (χ4v) is 3.26. The zero-order valence-corrected chi connectivity index (χ0v) is 16.4. The van der Waals surface area contributed by atoms with E-state index in [9.17, 15) is 4.79 Å². The molecule has 2 aliphatic heterocycles. The van der Waals surface area contributed by atoms with Gasteiger partial charge in [0, 0.05) is 37.9 Å². The lowest BCUT2D eigenvalue weighted by Crippen LogP contribution is -2.37. The molecule has 4 rings (SSSR count). The highest BCUT2D eigenvalue weighted by molar-refractivity contribution is 5.78. The van der Waals surface area contributed by atoms with Crippen molar-refractivity contribution in [2.45, 2.75) is 13.3 Å². The molecule has 9 heteroatoms. The molecule has 1 aromatic carbocycles. The first kappa shape index (κ1) is 19.3. The minimum atomic E-state index is -0.0511. The maximum absolute atomic E-state index is 12.2. The van der Waals surface area contributed by atoms with Gasteiger partial charge in [-0.2, -0.15) is 4.98 Å². The molecule has 154 valence electrons. The largest absolute Gasteiger partial charge is 0.454 e. The molecule has 29 heavy (non-hydrogen) atoms. The van der Waals surface area contributed by atoms with Crippen LogP contribution >= 0.6 is 0 Å². The van der Waals surface area contributed by atoms with E-state index in [2.05, 4.69) is 25.5 Å². The minimum Gasteiger partial charge on any atom is -0.454 e. The molecular weight excluding hydrogens is 374 g/mol. The summed E-state index contributed by atoms with van der Waals surface area (Å²) >= 11 is 0. The van der Waals surface area contributed by atoms with Crippen LogP contribution in [0.3, 0.4) is 0 Å². The number of hydrogen-bond donors (Lipinski definition) is 2. The third kappa shape index (κ3) is 5.05. The van der Waals surface area contributed by atoms with Gasteiger partial charge in [-0.05, 0) is 24.6 Å². The molecule has 1 aromatic heterocycles. The molecule has 0 radical (unpaired) electrons. The van der Waals surface area contributed by atoms with Crippen molar-refractivity contribution >= 4 is 17.7 Å². The highest BCUT2D eigenvalue weighted by Gasteiger charge is 2.15. The molecule has 0 atom stereocenters. The molecule has 2 N–H and O–H groups in total. The number of rotatable bonds is 7. The summed E-state index contributed by atoms with van der Waals surface area (Å²) in [5, 5.41) is 6.09. The Hall–Kier alpha value is -3.07. The highest BCUT2D eigenvalue weighted by atomic mass is 16.7. The molecule has 0 saturated carbocycles. The quantitative estimate of drug-likeness (QED) is 0.669. The number of hydrogen-bond acceptors (Lipinski definition) is 8. The van der Waals surface area contributed by atoms with Crippen LogP contribution in [-0.4, -0.2) is 62.1 Å². The van der Waals surface area contributed by atoms with Crippen molar-refractivity contribution in [3.05, 3.63) is 35.5 Å². The zero-order chi connectivity index (χ0) is 20.1. The molecule has 1 fully saturated rings. The molecule has 3 heterocycles. The van der Waals surface area contributed by atoms with Gasteiger partial charge in [0.2, 0.25) is 18.6 Å². The number of carbonyl (C=O) groups excluding carboxylic acids is 1. The average molecular weight is 399 g/mol. The minimum absolute atomic E-state index is 0.0511. The Balaban J connectivity index is 1.24. The highest BCUT2D eigenvalue weighted by Crippen LogP contribution is 2.32. The lowest BCUT2D eigenvalue weighted by atomic mass is 10.1.